The molecule has 3 aromatic carbocycles. The van der Waals surface area contributed by atoms with Crippen molar-refractivity contribution in [3.8, 4) is 0 Å². The Morgan fingerprint density at radius 2 is 1.79 bits per heavy atom. The Hall–Kier alpha value is -3.12. The molecular weight excluding hydrogens is 387 g/mol. The van der Waals surface area contributed by atoms with Crippen molar-refractivity contribution < 1.29 is 14.0 Å². The standard InChI is InChI=1S/C23H19FN2O2S/c1-2-26-19-12-11-17(25-22(27)13-15-7-9-16(24)10-8-15)14-21(19)29-20-6-4-3-5-18(20)23(26)28/h3-12,14H,2,13H2,1H3,(H,25,27). The van der Waals surface area contributed by atoms with E-state index in [-0.39, 0.29) is 24.1 Å². The first kappa shape index (κ1) is 19.2. The maximum atomic E-state index is 13.0. The van der Waals surface area contributed by atoms with Crippen molar-refractivity contribution >= 4 is 35.0 Å². The van der Waals surface area contributed by atoms with Gasteiger partial charge in [-0.3, -0.25) is 9.59 Å². The van der Waals surface area contributed by atoms with E-state index < -0.39 is 0 Å². The van der Waals surface area contributed by atoms with Crippen molar-refractivity contribution in [3.63, 3.8) is 0 Å². The number of amides is 2. The van der Waals surface area contributed by atoms with Gasteiger partial charge in [0.05, 0.1) is 17.7 Å². The number of carbonyl (C=O) groups excluding carboxylic acids is 2. The summed E-state index contributed by atoms with van der Waals surface area (Å²) in [5.74, 6) is -0.534. The number of nitrogens with zero attached hydrogens (tertiary/aromatic N) is 1. The number of fused-ring (bicyclic) bond motifs is 2. The lowest BCUT2D eigenvalue weighted by Gasteiger charge is -2.21. The molecule has 4 rings (SSSR count). The van der Waals surface area contributed by atoms with Gasteiger partial charge in [0.15, 0.2) is 0 Å². The summed E-state index contributed by atoms with van der Waals surface area (Å²) in [6, 6.07) is 19.0. The molecule has 4 nitrogen and oxygen atoms in total. The minimum Gasteiger partial charge on any atom is -0.326 e. The van der Waals surface area contributed by atoms with Gasteiger partial charge in [0, 0.05) is 22.0 Å². The van der Waals surface area contributed by atoms with Crippen molar-refractivity contribution in [2.45, 2.75) is 23.1 Å². The lowest BCUT2D eigenvalue weighted by atomic mass is 10.1. The topological polar surface area (TPSA) is 49.4 Å². The Labute approximate surface area is 172 Å². The lowest BCUT2D eigenvalue weighted by molar-refractivity contribution is -0.115. The van der Waals surface area contributed by atoms with Gasteiger partial charge in [0.1, 0.15) is 5.82 Å². The molecule has 1 aliphatic heterocycles. The largest absolute Gasteiger partial charge is 0.326 e. The number of hydrogen-bond donors (Lipinski definition) is 1. The highest BCUT2D eigenvalue weighted by atomic mass is 32.2. The zero-order valence-corrected chi connectivity index (χ0v) is 16.6. The van der Waals surface area contributed by atoms with E-state index in [9.17, 15) is 14.0 Å². The smallest absolute Gasteiger partial charge is 0.259 e. The molecule has 0 unspecified atom stereocenters. The normalized spacial score (nSPS) is 12.8. The van der Waals surface area contributed by atoms with Crippen LogP contribution in [0.15, 0.2) is 76.5 Å². The summed E-state index contributed by atoms with van der Waals surface area (Å²) < 4.78 is 13.0. The van der Waals surface area contributed by atoms with Crippen LogP contribution in [0.5, 0.6) is 0 Å². The molecule has 0 saturated heterocycles. The Morgan fingerprint density at radius 3 is 2.55 bits per heavy atom. The minimum absolute atomic E-state index is 0.0255. The first-order valence-electron chi connectivity index (χ1n) is 9.32. The fraction of sp³-hybridized carbons (Fsp3) is 0.130. The van der Waals surface area contributed by atoms with E-state index in [1.165, 1.54) is 23.9 Å². The molecule has 0 bridgehead atoms. The minimum atomic E-state index is -0.327. The predicted octanol–water partition coefficient (Wildman–Crippen LogP) is 5.14. The second-order valence-corrected chi connectivity index (χ2v) is 7.77. The number of benzene rings is 3. The third-order valence-corrected chi connectivity index (χ3v) is 5.83. The van der Waals surface area contributed by atoms with E-state index in [4.69, 9.17) is 0 Å². The molecule has 0 atom stereocenters. The summed E-state index contributed by atoms with van der Waals surface area (Å²) in [5, 5.41) is 2.89. The maximum Gasteiger partial charge on any atom is 0.259 e. The highest BCUT2D eigenvalue weighted by molar-refractivity contribution is 7.99. The molecule has 0 aromatic heterocycles. The molecule has 146 valence electrons. The Kier molecular flexibility index (Phi) is 5.36. The van der Waals surface area contributed by atoms with Crippen LogP contribution in [0.2, 0.25) is 0 Å². The van der Waals surface area contributed by atoms with Crippen molar-refractivity contribution in [1.29, 1.82) is 0 Å². The summed E-state index contributed by atoms with van der Waals surface area (Å²) >= 11 is 1.52. The molecular formula is C23H19FN2O2S. The zero-order chi connectivity index (χ0) is 20.4. The lowest BCUT2D eigenvalue weighted by Crippen LogP contribution is -2.30. The van der Waals surface area contributed by atoms with Gasteiger partial charge in [0.25, 0.3) is 5.91 Å². The molecule has 2 amide bonds. The number of carbonyl (C=O) groups is 2. The molecule has 29 heavy (non-hydrogen) atoms. The first-order valence-corrected chi connectivity index (χ1v) is 10.1. The highest BCUT2D eigenvalue weighted by Crippen LogP contribution is 2.42. The molecule has 1 aliphatic rings. The van der Waals surface area contributed by atoms with Gasteiger partial charge in [-0.05, 0) is 55.0 Å². The van der Waals surface area contributed by atoms with Gasteiger partial charge in [-0.2, -0.15) is 0 Å². The Bertz CT molecular complexity index is 1080. The molecule has 6 heteroatoms. The predicted molar refractivity (Wildman–Crippen MR) is 113 cm³/mol. The van der Waals surface area contributed by atoms with Crippen LogP contribution in [0.4, 0.5) is 15.8 Å². The molecule has 0 fully saturated rings. The van der Waals surface area contributed by atoms with Crippen molar-refractivity contribution in [1.82, 2.24) is 0 Å². The third-order valence-electron chi connectivity index (χ3n) is 4.71. The average molecular weight is 406 g/mol. The van der Waals surface area contributed by atoms with Gasteiger partial charge >= 0.3 is 0 Å². The number of anilines is 2. The van der Waals surface area contributed by atoms with Crippen molar-refractivity contribution in [2.24, 2.45) is 0 Å². The fourth-order valence-electron chi connectivity index (χ4n) is 3.31. The van der Waals surface area contributed by atoms with E-state index >= 15 is 0 Å². The van der Waals surface area contributed by atoms with Crippen LogP contribution in [0.3, 0.4) is 0 Å². The molecule has 1 heterocycles. The number of hydrogen-bond acceptors (Lipinski definition) is 3. The van der Waals surface area contributed by atoms with Gasteiger partial charge in [-0.1, -0.05) is 36.0 Å². The van der Waals surface area contributed by atoms with Crippen LogP contribution < -0.4 is 10.2 Å². The summed E-state index contributed by atoms with van der Waals surface area (Å²) in [7, 11) is 0. The average Bonchev–Trinajstić information content (AvgIpc) is 2.83. The molecule has 0 aliphatic carbocycles. The molecule has 1 N–H and O–H groups in total. The summed E-state index contributed by atoms with van der Waals surface area (Å²) in [5.41, 5.74) is 2.91. The van der Waals surface area contributed by atoms with Crippen LogP contribution in [0, 0.1) is 5.82 Å². The first-order chi connectivity index (χ1) is 14.0. The third kappa shape index (κ3) is 4.03. The summed E-state index contributed by atoms with van der Waals surface area (Å²) in [6.45, 7) is 2.50. The van der Waals surface area contributed by atoms with E-state index in [1.54, 1.807) is 23.1 Å². The monoisotopic (exact) mass is 406 g/mol. The fourth-order valence-corrected chi connectivity index (χ4v) is 4.43. The number of nitrogens with one attached hydrogen (secondary N) is 1. The molecule has 0 spiro atoms. The van der Waals surface area contributed by atoms with E-state index in [2.05, 4.69) is 5.32 Å². The van der Waals surface area contributed by atoms with Gasteiger partial charge in [-0.25, -0.2) is 4.39 Å². The highest BCUT2D eigenvalue weighted by Gasteiger charge is 2.26. The van der Waals surface area contributed by atoms with E-state index in [1.807, 2.05) is 43.3 Å². The molecule has 0 saturated carbocycles. The van der Waals surface area contributed by atoms with Crippen LogP contribution in [0.25, 0.3) is 0 Å². The van der Waals surface area contributed by atoms with Crippen molar-refractivity contribution in [3.05, 3.63) is 83.7 Å². The number of halogens is 1. The quantitative estimate of drug-likeness (QED) is 0.653. The van der Waals surface area contributed by atoms with Crippen molar-refractivity contribution in [2.75, 3.05) is 16.8 Å². The van der Waals surface area contributed by atoms with E-state index in [0.29, 0.717) is 17.8 Å². The van der Waals surface area contributed by atoms with Crippen LogP contribution in [0.1, 0.15) is 22.8 Å². The Balaban J connectivity index is 1.59. The maximum absolute atomic E-state index is 13.0. The van der Waals surface area contributed by atoms with E-state index in [0.717, 1.165) is 21.0 Å². The Morgan fingerprint density at radius 1 is 1.03 bits per heavy atom. The van der Waals surface area contributed by atoms with Gasteiger partial charge in [0.2, 0.25) is 5.91 Å². The molecule has 3 aromatic rings. The van der Waals surface area contributed by atoms with Gasteiger partial charge < -0.3 is 10.2 Å². The zero-order valence-electron chi connectivity index (χ0n) is 15.8. The number of rotatable bonds is 4. The van der Waals surface area contributed by atoms with Crippen LogP contribution in [-0.4, -0.2) is 18.4 Å². The second kappa shape index (κ2) is 8.09. The SMILES string of the molecule is CCN1C(=O)c2ccccc2Sc2cc(NC(=O)Cc3ccc(F)cc3)ccc21. The van der Waals surface area contributed by atoms with Crippen LogP contribution >= 0.6 is 11.8 Å². The van der Waals surface area contributed by atoms with Crippen LogP contribution in [-0.2, 0) is 11.2 Å². The summed E-state index contributed by atoms with van der Waals surface area (Å²) in [6.07, 6.45) is 0.160. The molecule has 0 radical (unpaired) electrons. The van der Waals surface area contributed by atoms with Gasteiger partial charge in [-0.15, -0.1) is 0 Å². The second-order valence-electron chi connectivity index (χ2n) is 6.68. The summed E-state index contributed by atoms with van der Waals surface area (Å²) in [4.78, 5) is 28.9.